The van der Waals surface area contributed by atoms with Gasteiger partial charge in [0.1, 0.15) is 0 Å². The highest BCUT2D eigenvalue weighted by Gasteiger charge is 2.23. The van der Waals surface area contributed by atoms with Crippen LogP contribution in [0.3, 0.4) is 0 Å². The fourth-order valence-corrected chi connectivity index (χ4v) is 3.78. The number of nitrogens with zero attached hydrogens (tertiary/aromatic N) is 1. The van der Waals surface area contributed by atoms with E-state index in [0.29, 0.717) is 16.3 Å². The second-order valence-electron chi connectivity index (χ2n) is 5.65. The predicted molar refractivity (Wildman–Crippen MR) is 88.7 cm³/mol. The molecule has 110 valence electrons. The summed E-state index contributed by atoms with van der Waals surface area (Å²) in [6.45, 7) is 0.741. The van der Waals surface area contributed by atoms with Crippen molar-refractivity contribution in [3.63, 3.8) is 0 Å². The number of para-hydroxylation sites is 1. The molecule has 2 aromatic rings. The standard InChI is InChI=1S/C17H19BrN2O/c18-15-7-3-1-5-12(15)11-20-17(21)14-9-10-19-16-8-4-2-6-13(14)16/h2,4,6,8-10,12,15H,1,3,5,7,11H2,(H,20,21). The van der Waals surface area contributed by atoms with Crippen molar-refractivity contribution in [2.24, 2.45) is 5.92 Å². The predicted octanol–water partition coefficient (Wildman–Crippen LogP) is 3.92. The Morgan fingerprint density at radius 2 is 2.05 bits per heavy atom. The van der Waals surface area contributed by atoms with E-state index in [1.54, 1.807) is 12.3 Å². The number of pyridine rings is 1. The minimum absolute atomic E-state index is 0.00104. The van der Waals surface area contributed by atoms with Crippen LogP contribution in [-0.2, 0) is 0 Å². The van der Waals surface area contributed by atoms with Gasteiger partial charge in [-0.05, 0) is 30.9 Å². The van der Waals surface area contributed by atoms with Gasteiger partial charge in [0, 0.05) is 23.0 Å². The number of halogens is 1. The van der Waals surface area contributed by atoms with Gasteiger partial charge in [-0.1, -0.05) is 47.0 Å². The summed E-state index contributed by atoms with van der Waals surface area (Å²) in [5.41, 5.74) is 1.57. The van der Waals surface area contributed by atoms with Gasteiger partial charge >= 0.3 is 0 Å². The second kappa shape index (κ2) is 6.56. The lowest BCUT2D eigenvalue weighted by Crippen LogP contribution is -2.34. The zero-order valence-electron chi connectivity index (χ0n) is 11.9. The molecule has 21 heavy (non-hydrogen) atoms. The van der Waals surface area contributed by atoms with Gasteiger partial charge in [-0.25, -0.2) is 0 Å². The molecular weight excluding hydrogens is 328 g/mol. The molecule has 1 heterocycles. The van der Waals surface area contributed by atoms with Crippen molar-refractivity contribution in [2.45, 2.75) is 30.5 Å². The Hall–Kier alpha value is -1.42. The first-order valence-electron chi connectivity index (χ1n) is 7.52. The third-order valence-electron chi connectivity index (χ3n) is 4.23. The summed E-state index contributed by atoms with van der Waals surface area (Å²) in [4.78, 5) is 17.3. The Balaban J connectivity index is 1.72. The van der Waals surface area contributed by atoms with Crippen molar-refractivity contribution in [1.29, 1.82) is 0 Å². The molecule has 1 aromatic heterocycles. The summed E-state index contributed by atoms with van der Waals surface area (Å²) < 4.78 is 0. The molecule has 0 spiro atoms. The molecule has 1 N–H and O–H groups in total. The van der Waals surface area contributed by atoms with E-state index >= 15 is 0 Å². The molecule has 2 unspecified atom stereocenters. The number of aromatic nitrogens is 1. The number of hydrogen-bond donors (Lipinski definition) is 1. The minimum atomic E-state index is -0.00104. The third-order valence-corrected chi connectivity index (χ3v) is 5.44. The molecule has 0 saturated heterocycles. The number of benzene rings is 1. The quantitative estimate of drug-likeness (QED) is 0.855. The summed E-state index contributed by atoms with van der Waals surface area (Å²) >= 11 is 3.74. The van der Waals surface area contributed by atoms with Gasteiger partial charge in [-0.3, -0.25) is 9.78 Å². The van der Waals surface area contributed by atoms with Crippen LogP contribution >= 0.6 is 15.9 Å². The molecular formula is C17H19BrN2O. The van der Waals surface area contributed by atoms with Crippen molar-refractivity contribution in [1.82, 2.24) is 10.3 Å². The fraction of sp³-hybridized carbons (Fsp3) is 0.412. The first-order chi connectivity index (χ1) is 10.3. The Bertz CT molecular complexity index is 638. The van der Waals surface area contributed by atoms with E-state index < -0.39 is 0 Å². The van der Waals surface area contributed by atoms with E-state index in [2.05, 4.69) is 26.2 Å². The van der Waals surface area contributed by atoms with Crippen molar-refractivity contribution in [3.8, 4) is 0 Å². The van der Waals surface area contributed by atoms with Gasteiger partial charge in [0.2, 0.25) is 0 Å². The zero-order chi connectivity index (χ0) is 14.7. The maximum atomic E-state index is 12.5. The van der Waals surface area contributed by atoms with Crippen LogP contribution in [0.15, 0.2) is 36.5 Å². The molecule has 1 amide bonds. The van der Waals surface area contributed by atoms with E-state index in [0.717, 1.165) is 17.4 Å². The molecule has 0 aliphatic heterocycles. The lowest BCUT2D eigenvalue weighted by Gasteiger charge is -2.27. The summed E-state index contributed by atoms with van der Waals surface area (Å²) in [5, 5.41) is 4.01. The molecule has 2 atom stereocenters. The van der Waals surface area contributed by atoms with Gasteiger partial charge in [-0.2, -0.15) is 0 Å². The minimum Gasteiger partial charge on any atom is -0.352 e. The van der Waals surface area contributed by atoms with Gasteiger partial charge in [0.15, 0.2) is 0 Å². The Morgan fingerprint density at radius 1 is 1.24 bits per heavy atom. The van der Waals surface area contributed by atoms with Crippen molar-refractivity contribution in [3.05, 3.63) is 42.1 Å². The van der Waals surface area contributed by atoms with Crippen molar-refractivity contribution >= 4 is 32.7 Å². The Morgan fingerprint density at radius 3 is 2.90 bits per heavy atom. The first-order valence-corrected chi connectivity index (χ1v) is 8.43. The SMILES string of the molecule is O=C(NCC1CCCCC1Br)c1ccnc2ccccc12. The monoisotopic (exact) mass is 346 g/mol. The topological polar surface area (TPSA) is 42.0 Å². The van der Waals surface area contributed by atoms with Gasteiger partial charge in [-0.15, -0.1) is 0 Å². The smallest absolute Gasteiger partial charge is 0.252 e. The van der Waals surface area contributed by atoms with Gasteiger partial charge in [0.25, 0.3) is 5.91 Å². The van der Waals surface area contributed by atoms with Gasteiger partial charge in [0.05, 0.1) is 11.1 Å². The second-order valence-corrected chi connectivity index (χ2v) is 6.82. The molecule has 1 saturated carbocycles. The first kappa shape index (κ1) is 14.5. The van der Waals surface area contributed by atoms with Gasteiger partial charge < -0.3 is 5.32 Å². The Labute approximate surface area is 133 Å². The highest BCUT2D eigenvalue weighted by molar-refractivity contribution is 9.09. The molecule has 3 nitrogen and oxygen atoms in total. The van der Waals surface area contributed by atoms with Crippen LogP contribution in [0.4, 0.5) is 0 Å². The number of amides is 1. The summed E-state index contributed by atoms with van der Waals surface area (Å²) in [6.07, 6.45) is 6.65. The van der Waals surface area contributed by atoms with Crippen molar-refractivity contribution in [2.75, 3.05) is 6.54 Å². The average molecular weight is 347 g/mol. The van der Waals surface area contributed by atoms with Crippen LogP contribution in [0.1, 0.15) is 36.0 Å². The van der Waals surface area contributed by atoms with E-state index in [9.17, 15) is 4.79 Å². The molecule has 1 fully saturated rings. The molecule has 3 rings (SSSR count). The molecule has 1 aliphatic rings. The van der Waals surface area contributed by atoms with Crippen LogP contribution in [-0.4, -0.2) is 22.3 Å². The molecule has 1 aromatic carbocycles. The number of fused-ring (bicyclic) bond motifs is 1. The van der Waals surface area contributed by atoms with Crippen LogP contribution in [0.25, 0.3) is 10.9 Å². The van der Waals surface area contributed by atoms with E-state index in [1.807, 2.05) is 24.3 Å². The highest BCUT2D eigenvalue weighted by atomic mass is 79.9. The summed E-state index contributed by atoms with van der Waals surface area (Å²) in [7, 11) is 0. The number of carbonyl (C=O) groups is 1. The maximum absolute atomic E-state index is 12.5. The molecule has 1 aliphatic carbocycles. The molecule has 0 bridgehead atoms. The van der Waals surface area contributed by atoms with Crippen LogP contribution in [0, 0.1) is 5.92 Å². The number of rotatable bonds is 3. The van der Waals surface area contributed by atoms with Crippen molar-refractivity contribution < 1.29 is 4.79 Å². The van der Waals surface area contributed by atoms with Crippen LogP contribution in [0.5, 0.6) is 0 Å². The summed E-state index contributed by atoms with van der Waals surface area (Å²) in [6, 6.07) is 9.56. The van der Waals surface area contributed by atoms with Crippen LogP contribution in [0.2, 0.25) is 0 Å². The Kier molecular flexibility index (Phi) is 4.54. The summed E-state index contributed by atoms with van der Waals surface area (Å²) in [5.74, 6) is 0.537. The van der Waals surface area contributed by atoms with E-state index in [4.69, 9.17) is 0 Å². The molecule has 0 radical (unpaired) electrons. The fourth-order valence-electron chi connectivity index (χ4n) is 3.01. The third kappa shape index (κ3) is 3.26. The van der Waals surface area contributed by atoms with E-state index in [-0.39, 0.29) is 5.91 Å². The van der Waals surface area contributed by atoms with E-state index in [1.165, 1.54) is 25.7 Å². The maximum Gasteiger partial charge on any atom is 0.252 e. The zero-order valence-corrected chi connectivity index (χ0v) is 13.5. The van der Waals surface area contributed by atoms with Crippen LogP contribution < -0.4 is 5.32 Å². The normalized spacial score (nSPS) is 22.1. The average Bonchev–Trinajstić information content (AvgIpc) is 2.53. The number of nitrogens with one attached hydrogen (secondary N) is 1. The molecule has 4 heteroatoms. The largest absolute Gasteiger partial charge is 0.352 e. The number of hydrogen-bond acceptors (Lipinski definition) is 2. The number of alkyl halides is 1. The lowest BCUT2D eigenvalue weighted by atomic mass is 9.89. The lowest BCUT2D eigenvalue weighted by molar-refractivity contribution is 0.0946. The number of carbonyl (C=O) groups excluding carboxylic acids is 1. The highest BCUT2D eigenvalue weighted by Crippen LogP contribution is 2.29.